The first-order chi connectivity index (χ1) is 13.1. The summed E-state index contributed by atoms with van der Waals surface area (Å²) in [6.07, 6.45) is 0. The Morgan fingerprint density at radius 1 is 0.926 bits per heavy atom. The molecule has 2 aromatic carbocycles. The fraction of sp³-hybridized carbons (Fsp3) is 0.150. The predicted octanol–water partition coefficient (Wildman–Crippen LogP) is 4.69. The lowest BCUT2D eigenvalue weighted by molar-refractivity contribution is 0.849. The first-order valence-corrected chi connectivity index (χ1v) is 10.4. The third-order valence-electron chi connectivity index (χ3n) is 4.17. The summed E-state index contributed by atoms with van der Waals surface area (Å²) in [6, 6.07) is 16.5. The Balaban J connectivity index is 1.46. The molecule has 0 aliphatic rings. The predicted molar refractivity (Wildman–Crippen MR) is 112 cm³/mol. The molecule has 7 heteroatoms. The minimum Gasteiger partial charge on any atom is -0.335 e. The quantitative estimate of drug-likeness (QED) is 0.393. The molecule has 5 nitrogen and oxygen atoms in total. The molecule has 4 rings (SSSR count). The van der Waals surface area contributed by atoms with Crippen molar-refractivity contribution in [1.82, 2.24) is 19.9 Å². The van der Waals surface area contributed by atoms with Crippen LogP contribution in [0.3, 0.4) is 0 Å². The third-order valence-corrected chi connectivity index (χ3v) is 6.09. The number of aromatic nitrogens is 4. The number of rotatable bonds is 5. The van der Waals surface area contributed by atoms with Crippen molar-refractivity contribution in [2.45, 2.75) is 24.8 Å². The molecule has 0 spiro atoms. The summed E-state index contributed by atoms with van der Waals surface area (Å²) in [5, 5.41) is 12.3. The zero-order valence-electron chi connectivity index (χ0n) is 15.1. The van der Waals surface area contributed by atoms with Crippen LogP contribution in [-0.2, 0) is 5.75 Å². The van der Waals surface area contributed by atoms with E-state index in [9.17, 15) is 0 Å². The number of nitrogens with zero attached hydrogens (tertiary/aromatic N) is 4. The molecule has 0 saturated heterocycles. The monoisotopic (exact) mass is 393 g/mol. The van der Waals surface area contributed by atoms with Crippen LogP contribution in [0, 0.1) is 13.8 Å². The van der Waals surface area contributed by atoms with Crippen LogP contribution < -0.4 is 5.84 Å². The molecule has 27 heavy (non-hydrogen) atoms. The number of hydrogen-bond acceptors (Lipinski definition) is 6. The highest BCUT2D eigenvalue weighted by Crippen LogP contribution is 2.28. The van der Waals surface area contributed by atoms with E-state index in [0.717, 1.165) is 21.8 Å². The molecular weight excluding hydrogens is 374 g/mol. The zero-order valence-corrected chi connectivity index (χ0v) is 16.7. The summed E-state index contributed by atoms with van der Waals surface area (Å²) in [6.45, 7) is 4.14. The molecule has 0 bridgehead atoms. The normalized spacial score (nSPS) is 11.0. The van der Waals surface area contributed by atoms with Crippen LogP contribution in [-0.4, -0.2) is 19.9 Å². The summed E-state index contributed by atoms with van der Waals surface area (Å²) in [7, 11) is 0. The number of hydrogen-bond donors (Lipinski definition) is 1. The van der Waals surface area contributed by atoms with E-state index in [1.54, 1.807) is 16.0 Å². The number of thiazole rings is 1. The van der Waals surface area contributed by atoms with Gasteiger partial charge in [-0.05, 0) is 13.8 Å². The van der Waals surface area contributed by atoms with Gasteiger partial charge >= 0.3 is 0 Å². The lowest BCUT2D eigenvalue weighted by Crippen LogP contribution is -2.11. The molecule has 0 fully saturated rings. The maximum Gasteiger partial charge on any atom is 0.210 e. The van der Waals surface area contributed by atoms with Crippen LogP contribution in [0.25, 0.3) is 22.0 Å². The van der Waals surface area contributed by atoms with Gasteiger partial charge < -0.3 is 5.84 Å². The minimum absolute atomic E-state index is 0.663. The Bertz CT molecular complexity index is 1050. The molecule has 0 saturated carbocycles. The summed E-state index contributed by atoms with van der Waals surface area (Å²) in [5.74, 6) is 7.56. The molecule has 0 radical (unpaired) electrons. The van der Waals surface area contributed by atoms with Gasteiger partial charge in [-0.15, -0.1) is 21.5 Å². The standard InChI is InChI=1S/C20H19N5S2/c1-13-3-7-15(8-4-13)18-23-24-20(25(18)21)27-12-17-11-26-19(22-17)16-9-5-14(2)6-10-16/h3-11H,12,21H2,1-2H3. The van der Waals surface area contributed by atoms with Crippen LogP contribution in [0.1, 0.15) is 16.8 Å². The van der Waals surface area contributed by atoms with Gasteiger partial charge in [-0.3, -0.25) is 0 Å². The van der Waals surface area contributed by atoms with Crippen LogP contribution in [0.2, 0.25) is 0 Å². The summed E-state index contributed by atoms with van der Waals surface area (Å²) in [4.78, 5) is 4.73. The van der Waals surface area contributed by atoms with Crippen molar-refractivity contribution in [3.8, 4) is 22.0 Å². The number of thioether (sulfide) groups is 1. The maximum atomic E-state index is 6.20. The zero-order chi connectivity index (χ0) is 18.8. The highest BCUT2D eigenvalue weighted by Gasteiger charge is 2.13. The lowest BCUT2D eigenvalue weighted by atomic mass is 10.1. The van der Waals surface area contributed by atoms with E-state index in [1.165, 1.54) is 22.9 Å². The summed E-state index contributed by atoms with van der Waals surface area (Å²) >= 11 is 3.19. The molecule has 0 aliphatic heterocycles. The third kappa shape index (κ3) is 3.89. The van der Waals surface area contributed by atoms with Gasteiger partial charge in [-0.2, -0.15) is 0 Å². The highest BCUT2D eigenvalue weighted by atomic mass is 32.2. The molecule has 0 amide bonds. The average molecular weight is 394 g/mol. The van der Waals surface area contributed by atoms with Crippen LogP contribution in [0.5, 0.6) is 0 Å². The summed E-state index contributed by atoms with van der Waals surface area (Å²) < 4.78 is 1.54. The van der Waals surface area contributed by atoms with Crippen molar-refractivity contribution in [3.63, 3.8) is 0 Å². The molecular formula is C20H19N5S2. The molecule has 2 heterocycles. The highest BCUT2D eigenvalue weighted by molar-refractivity contribution is 7.98. The fourth-order valence-corrected chi connectivity index (χ4v) is 4.30. The first kappa shape index (κ1) is 17.8. The Morgan fingerprint density at radius 3 is 2.22 bits per heavy atom. The number of nitrogen functional groups attached to an aromatic ring is 1. The summed E-state index contributed by atoms with van der Waals surface area (Å²) in [5.41, 5.74) is 5.56. The Kier molecular flexibility index (Phi) is 4.96. The van der Waals surface area contributed by atoms with Crippen molar-refractivity contribution in [2.24, 2.45) is 0 Å². The molecule has 136 valence electrons. The fourth-order valence-electron chi connectivity index (χ4n) is 2.62. The van der Waals surface area contributed by atoms with Gasteiger partial charge in [0.15, 0.2) is 5.82 Å². The SMILES string of the molecule is Cc1ccc(-c2nc(CSc3nnc(-c4ccc(C)cc4)n3N)cs2)cc1. The Morgan fingerprint density at radius 2 is 1.56 bits per heavy atom. The van der Waals surface area contributed by atoms with Gasteiger partial charge in [0.05, 0.1) is 5.69 Å². The molecule has 0 aliphatic carbocycles. The maximum absolute atomic E-state index is 6.20. The topological polar surface area (TPSA) is 69.6 Å². The van der Waals surface area contributed by atoms with Crippen LogP contribution >= 0.6 is 23.1 Å². The smallest absolute Gasteiger partial charge is 0.210 e. The van der Waals surface area contributed by atoms with E-state index >= 15 is 0 Å². The number of benzene rings is 2. The van der Waals surface area contributed by atoms with E-state index in [0.29, 0.717) is 16.7 Å². The van der Waals surface area contributed by atoms with Gasteiger partial charge in [-0.25, -0.2) is 9.66 Å². The van der Waals surface area contributed by atoms with E-state index in [4.69, 9.17) is 10.8 Å². The van der Waals surface area contributed by atoms with E-state index < -0.39 is 0 Å². The van der Waals surface area contributed by atoms with Crippen LogP contribution in [0.4, 0.5) is 0 Å². The second-order valence-corrected chi connectivity index (χ2v) is 8.14. The van der Waals surface area contributed by atoms with E-state index in [-0.39, 0.29) is 0 Å². The van der Waals surface area contributed by atoms with Crippen molar-refractivity contribution in [2.75, 3.05) is 5.84 Å². The molecule has 2 N–H and O–H groups in total. The van der Waals surface area contributed by atoms with Crippen molar-refractivity contribution in [1.29, 1.82) is 0 Å². The second kappa shape index (κ2) is 7.54. The van der Waals surface area contributed by atoms with Gasteiger partial charge in [0.25, 0.3) is 0 Å². The van der Waals surface area contributed by atoms with Crippen LogP contribution in [0.15, 0.2) is 59.1 Å². The minimum atomic E-state index is 0.663. The molecule has 0 unspecified atom stereocenters. The largest absolute Gasteiger partial charge is 0.335 e. The van der Waals surface area contributed by atoms with Gasteiger partial charge in [0, 0.05) is 22.3 Å². The van der Waals surface area contributed by atoms with E-state index in [1.807, 2.05) is 24.3 Å². The Labute approximate surface area is 166 Å². The van der Waals surface area contributed by atoms with Crippen molar-refractivity contribution in [3.05, 3.63) is 70.7 Å². The van der Waals surface area contributed by atoms with Crippen molar-refractivity contribution < 1.29 is 0 Å². The van der Waals surface area contributed by atoms with Gasteiger partial charge in [-0.1, -0.05) is 71.4 Å². The second-order valence-electron chi connectivity index (χ2n) is 6.34. The van der Waals surface area contributed by atoms with Gasteiger partial charge in [0.2, 0.25) is 5.16 Å². The molecule has 4 aromatic rings. The van der Waals surface area contributed by atoms with Crippen molar-refractivity contribution >= 4 is 23.1 Å². The first-order valence-electron chi connectivity index (χ1n) is 8.52. The average Bonchev–Trinajstić information content (AvgIpc) is 3.28. The van der Waals surface area contributed by atoms with Gasteiger partial charge in [0.1, 0.15) is 5.01 Å². The molecule has 2 aromatic heterocycles. The molecule has 0 atom stereocenters. The number of aryl methyl sites for hydroxylation is 2. The lowest BCUT2D eigenvalue weighted by Gasteiger charge is -2.03. The number of nitrogens with two attached hydrogens (primary N) is 1. The van der Waals surface area contributed by atoms with E-state index in [2.05, 4.69) is 53.7 Å². The Hall–Kier alpha value is -2.64.